The molecule has 5 N–H and O–H groups in total. The van der Waals surface area contributed by atoms with Crippen LogP contribution in [0.2, 0.25) is 0 Å². The number of pyridine rings is 1. The zero-order chi connectivity index (χ0) is 11.3. The SMILES string of the molecule is NCC#Cc1cccc(NS(N)(=O)=O)n1. The third-order valence-electron chi connectivity index (χ3n) is 1.31. The van der Waals surface area contributed by atoms with Crippen molar-refractivity contribution in [3.63, 3.8) is 0 Å². The molecule has 0 spiro atoms. The van der Waals surface area contributed by atoms with Crippen LogP contribution in [0.15, 0.2) is 18.2 Å². The summed E-state index contributed by atoms with van der Waals surface area (Å²) in [5.41, 5.74) is 5.61. The zero-order valence-corrected chi connectivity index (χ0v) is 8.58. The molecule has 1 rings (SSSR count). The van der Waals surface area contributed by atoms with Crippen molar-refractivity contribution >= 4 is 16.0 Å². The first kappa shape index (κ1) is 11.5. The number of rotatable bonds is 2. The first-order valence-corrected chi connectivity index (χ1v) is 5.52. The third-order valence-corrected chi connectivity index (χ3v) is 1.81. The molecule has 0 aliphatic heterocycles. The third kappa shape index (κ3) is 4.42. The van der Waals surface area contributed by atoms with Crippen LogP contribution in [0.5, 0.6) is 0 Å². The van der Waals surface area contributed by atoms with Gasteiger partial charge in [0, 0.05) is 0 Å². The largest absolute Gasteiger partial charge is 0.320 e. The summed E-state index contributed by atoms with van der Waals surface area (Å²) < 4.78 is 23.4. The van der Waals surface area contributed by atoms with Gasteiger partial charge in [-0.25, -0.2) is 10.1 Å². The van der Waals surface area contributed by atoms with Gasteiger partial charge in [-0.1, -0.05) is 12.0 Å². The molecule has 0 unspecified atom stereocenters. The van der Waals surface area contributed by atoms with Crippen LogP contribution < -0.4 is 15.6 Å². The highest BCUT2D eigenvalue weighted by atomic mass is 32.2. The van der Waals surface area contributed by atoms with E-state index in [1.54, 1.807) is 12.1 Å². The highest BCUT2D eigenvalue weighted by molar-refractivity contribution is 7.90. The van der Waals surface area contributed by atoms with E-state index in [2.05, 4.69) is 16.8 Å². The van der Waals surface area contributed by atoms with Gasteiger partial charge in [-0.2, -0.15) is 8.42 Å². The number of hydrogen-bond donors (Lipinski definition) is 3. The fourth-order valence-electron chi connectivity index (χ4n) is 0.849. The minimum absolute atomic E-state index is 0.126. The summed E-state index contributed by atoms with van der Waals surface area (Å²) in [7, 11) is -3.80. The molecule has 80 valence electrons. The summed E-state index contributed by atoms with van der Waals surface area (Å²) in [5, 5.41) is 4.78. The lowest BCUT2D eigenvalue weighted by Crippen LogP contribution is -2.22. The van der Waals surface area contributed by atoms with Gasteiger partial charge in [0.2, 0.25) is 0 Å². The molecule has 6 nitrogen and oxygen atoms in total. The van der Waals surface area contributed by atoms with Crippen LogP contribution in [0.4, 0.5) is 5.82 Å². The minimum Gasteiger partial charge on any atom is -0.320 e. The van der Waals surface area contributed by atoms with Crippen molar-refractivity contribution in [1.29, 1.82) is 0 Å². The van der Waals surface area contributed by atoms with E-state index in [-0.39, 0.29) is 12.4 Å². The Morgan fingerprint density at radius 2 is 2.20 bits per heavy atom. The lowest BCUT2D eigenvalue weighted by molar-refractivity contribution is 0.602. The van der Waals surface area contributed by atoms with Gasteiger partial charge in [0.15, 0.2) is 0 Å². The maximum absolute atomic E-state index is 10.7. The molecule has 1 aromatic rings. The molecule has 0 atom stereocenters. The molecule has 0 radical (unpaired) electrons. The number of nitrogens with one attached hydrogen (secondary N) is 1. The Kier molecular flexibility index (Phi) is 3.62. The summed E-state index contributed by atoms with van der Waals surface area (Å²) in [6, 6.07) is 4.72. The van der Waals surface area contributed by atoms with E-state index in [0.29, 0.717) is 5.69 Å². The monoisotopic (exact) mass is 226 g/mol. The van der Waals surface area contributed by atoms with E-state index in [9.17, 15) is 8.42 Å². The summed E-state index contributed by atoms with van der Waals surface area (Å²) in [6.07, 6.45) is 0. The van der Waals surface area contributed by atoms with E-state index in [1.807, 2.05) is 4.72 Å². The number of nitrogens with two attached hydrogens (primary N) is 2. The van der Waals surface area contributed by atoms with Gasteiger partial charge < -0.3 is 5.73 Å². The van der Waals surface area contributed by atoms with Crippen LogP contribution in [-0.2, 0) is 10.2 Å². The molecule has 0 bridgehead atoms. The number of aromatic nitrogens is 1. The highest BCUT2D eigenvalue weighted by Gasteiger charge is 2.02. The van der Waals surface area contributed by atoms with E-state index < -0.39 is 10.2 Å². The molecule has 0 amide bonds. The predicted octanol–water partition coefficient (Wildman–Crippen LogP) is -0.993. The fraction of sp³-hybridized carbons (Fsp3) is 0.125. The van der Waals surface area contributed by atoms with Crippen LogP contribution in [0, 0.1) is 11.8 Å². The van der Waals surface area contributed by atoms with Gasteiger partial charge in [-0.3, -0.25) is 4.72 Å². The number of hydrogen-bond acceptors (Lipinski definition) is 4. The number of anilines is 1. The topological polar surface area (TPSA) is 111 Å². The van der Waals surface area contributed by atoms with E-state index in [0.717, 1.165) is 0 Å². The average molecular weight is 226 g/mol. The second-order valence-corrected chi connectivity index (χ2v) is 3.86. The summed E-state index contributed by atoms with van der Waals surface area (Å²) in [4.78, 5) is 3.90. The van der Waals surface area contributed by atoms with Gasteiger partial charge in [0.25, 0.3) is 10.2 Å². The molecule has 15 heavy (non-hydrogen) atoms. The number of nitrogens with zero attached hydrogens (tertiary/aromatic N) is 1. The van der Waals surface area contributed by atoms with Crippen molar-refractivity contribution in [2.24, 2.45) is 10.9 Å². The Morgan fingerprint density at radius 1 is 1.47 bits per heavy atom. The molecule has 0 fully saturated rings. The molecular formula is C8H10N4O2S. The maximum atomic E-state index is 10.7. The van der Waals surface area contributed by atoms with Crippen LogP contribution in [0.3, 0.4) is 0 Å². The van der Waals surface area contributed by atoms with Crippen LogP contribution in [0.25, 0.3) is 0 Å². The lowest BCUT2D eigenvalue weighted by atomic mass is 10.3. The predicted molar refractivity (Wildman–Crippen MR) is 56.9 cm³/mol. The molecule has 7 heteroatoms. The van der Waals surface area contributed by atoms with Crippen molar-refractivity contribution in [1.82, 2.24) is 4.98 Å². The Bertz CT molecular complexity index is 501. The van der Waals surface area contributed by atoms with Gasteiger partial charge >= 0.3 is 0 Å². The average Bonchev–Trinajstić information content (AvgIpc) is 2.12. The molecule has 0 aromatic carbocycles. The first-order valence-electron chi connectivity index (χ1n) is 3.98. The summed E-state index contributed by atoms with van der Waals surface area (Å²) in [6.45, 7) is 0.217. The zero-order valence-electron chi connectivity index (χ0n) is 7.77. The summed E-state index contributed by atoms with van der Waals surface area (Å²) in [5.74, 6) is 5.40. The van der Waals surface area contributed by atoms with Crippen molar-refractivity contribution in [3.05, 3.63) is 23.9 Å². The molecule has 1 heterocycles. The van der Waals surface area contributed by atoms with Gasteiger partial charge in [0.1, 0.15) is 11.5 Å². The second-order valence-electron chi connectivity index (χ2n) is 2.56. The smallest absolute Gasteiger partial charge is 0.297 e. The fourth-order valence-corrected chi connectivity index (χ4v) is 1.25. The normalized spacial score (nSPS) is 10.3. The van der Waals surface area contributed by atoms with E-state index in [4.69, 9.17) is 10.9 Å². The van der Waals surface area contributed by atoms with Crippen LogP contribution in [0.1, 0.15) is 5.69 Å². The Balaban J connectivity index is 2.93. The Morgan fingerprint density at radius 3 is 2.80 bits per heavy atom. The quantitative estimate of drug-likeness (QED) is 0.562. The minimum atomic E-state index is -3.80. The van der Waals surface area contributed by atoms with Crippen LogP contribution >= 0.6 is 0 Å². The molecular weight excluding hydrogens is 216 g/mol. The van der Waals surface area contributed by atoms with E-state index >= 15 is 0 Å². The first-order chi connectivity index (χ1) is 7.01. The van der Waals surface area contributed by atoms with Crippen molar-refractivity contribution < 1.29 is 8.42 Å². The van der Waals surface area contributed by atoms with Gasteiger partial charge in [0.05, 0.1) is 6.54 Å². The van der Waals surface area contributed by atoms with Crippen molar-refractivity contribution in [3.8, 4) is 11.8 Å². The van der Waals surface area contributed by atoms with Crippen molar-refractivity contribution in [2.45, 2.75) is 0 Å². The van der Waals surface area contributed by atoms with Crippen LogP contribution in [-0.4, -0.2) is 19.9 Å². The Labute approximate surface area is 87.9 Å². The highest BCUT2D eigenvalue weighted by Crippen LogP contribution is 2.04. The molecule has 0 saturated heterocycles. The van der Waals surface area contributed by atoms with Gasteiger partial charge in [-0.15, -0.1) is 0 Å². The van der Waals surface area contributed by atoms with E-state index in [1.165, 1.54) is 6.07 Å². The second kappa shape index (κ2) is 4.75. The molecule has 0 saturated carbocycles. The molecule has 0 aliphatic carbocycles. The molecule has 0 aliphatic rings. The molecule has 1 aromatic heterocycles. The maximum Gasteiger partial charge on any atom is 0.297 e. The standard InChI is InChI=1S/C8H10N4O2S/c9-6-2-4-7-3-1-5-8(11-7)12-15(10,13)14/h1,3,5H,6,9H2,(H,11,12)(H2,10,13,14). The Hall–Kier alpha value is -1.62. The van der Waals surface area contributed by atoms with Gasteiger partial charge in [-0.05, 0) is 18.1 Å². The van der Waals surface area contributed by atoms with Crippen molar-refractivity contribution in [2.75, 3.05) is 11.3 Å². The lowest BCUT2D eigenvalue weighted by Gasteiger charge is -2.01. The summed E-state index contributed by atoms with van der Waals surface area (Å²) >= 11 is 0.